The number of rotatable bonds is 5. The summed E-state index contributed by atoms with van der Waals surface area (Å²) in [6, 6.07) is 0. The molecule has 0 spiro atoms. The van der Waals surface area contributed by atoms with Gasteiger partial charge in [-0.1, -0.05) is 20.8 Å². The van der Waals surface area contributed by atoms with Gasteiger partial charge in [-0.3, -0.25) is 9.59 Å². The SMILES string of the molecule is CC(C)(C)CC(CN)C(=O)NCC(=O)N1CCCC1. The Labute approximate surface area is 115 Å². The molecule has 5 heteroatoms. The van der Waals surface area contributed by atoms with Crippen molar-refractivity contribution in [3.05, 3.63) is 0 Å². The van der Waals surface area contributed by atoms with Crippen LogP contribution in [0, 0.1) is 11.3 Å². The molecule has 0 aromatic heterocycles. The number of carbonyl (C=O) groups is 2. The lowest BCUT2D eigenvalue weighted by atomic mass is 9.84. The molecule has 1 aliphatic rings. The van der Waals surface area contributed by atoms with Gasteiger partial charge < -0.3 is 16.0 Å². The van der Waals surface area contributed by atoms with Crippen LogP contribution >= 0.6 is 0 Å². The summed E-state index contributed by atoms with van der Waals surface area (Å²) in [7, 11) is 0. The highest BCUT2D eigenvalue weighted by Crippen LogP contribution is 2.23. The maximum atomic E-state index is 12.0. The number of nitrogens with one attached hydrogen (secondary N) is 1. The van der Waals surface area contributed by atoms with Gasteiger partial charge in [-0.15, -0.1) is 0 Å². The van der Waals surface area contributed by atoms with E-state index in [2.05, 4.69) is 26.1 Å². The van der Waals surface area contributed by atoms with Crippen LogP contribution in [-0.2, 0) is 9.59 Å². The molecule has 3 N–H and O–H groups in total. The molecule has 1 heterocycles. The Bertz CT molecular complexity index is 317. The van der Waals surface area contributed by atoms with Gasteiger partial charge in [-0.05, 0) is 24.7 Å². The van der Waals surface area contributed by atoms with E-state index in [-0.39, 0.29) is 29.7 Å². The van der Waals surface area contributed by atoms with E-state index in [1.54, 1.807) is 0 Å². The second-order valence-corrected chi connectivity index (χ2v) is 6.50. The Morgan fingerprint density at radius 3 is 2.32 bits per heavy atom. The third-order valence-corrected chi connectivity index (χ3v) is 3.39. The molecule has 0 aromatic carbocycles. The lowest BCUT2D eigenvalue weighted by molar-refractivity contribution is -0.133. The molecule has 1 unspecified atom stereocenters. The largest absolute Gasteiger partial charge is 0.347 e. The Morgan fingerprint density at radius 1 is 1.26 bits per heavy atom. The van der Waals surface area contributed by atoms with E-state index < -0.39 is 0 Å². The van der Waals surface area contributed by atoms with Crippen molar-refractivity contribution in [2.75, 3.05) is 26.2 Å². The van der Waals surface area contributed by atoms with E-state index in [9.17, 15) is 9.59 Å². The third kappa shape index (κ3) is 5.59. The van der Waals surface area contributed by atoms with E-state index in [0.29, 0.717) is 6.54 Å². The second kappa shape index (κ2) is 6.89. The Hall–Kier alpha value is -1.10. The smallest absolute Gasteiger partial charge is 0.241 e. The molecular weight excluding hydrogens is 242 g/mol. The van der Waals surface area contributed by atoms with Gasteiger partial charge in [-0.2, -0.15) is 0 Å². The highest BCUT2D eigenvalue weighted by atomic mass is 16.2. The van der Waals surface area contributed by atoms with Gasteiger partial charge in [-0.25, -0.2) is 0 Å². The minimum atomic E-state index is -0.216. The molecule has 1 atom stereocenters. The zero-order chi connectivity index (χ0) is 14.5. The first-order valence-corrected chi connectivity index (χ1v) is 7.09. The molecule has 110 valence electrons. The van der Waals surface area contributed by atoms with Gasteiger partial charge in [0.25, 0.3) is 0 Å². The van der Waals surface area contributed by atoms with Crippen molar-refractivity contribution in [3.8, 4) is 0 Å². The molecular formula is C14H27N3O2. The van der Waals surface area contributed by atoms with Crippen molar-refractivity contribution < 1.29 is 9.59 Å². The number of nitrogens with two attached hydrogens (primary N) is 1. The summed E-state index contributed by atoms with van der Waals surface area (Å²) in [5.74, 6) is -0.311. The number of carbonyl (C=O) groups excluding carboxylic acids is 2. The summed E-state index contributed by atoms with van der Waals surface area (Å²) in [5, 5.41) is 2.72. The minimum Gasteiger partial charge on any atom is -0.347 e. The van der Waals surface area contributed by atoms with E-state index in [0.717, 1.165) is 32.4 Å². The highest BCUT2D eigenvalue weighted by Gasteiger charge is 2.25. The summed E-state index contributed by atoms with van der Waals surface area (Å²) >= 11 is 0. The molecule has 0 aliphatic carbocycles. The van der Waals surface area contributed by atoms with Crippen LogP contribution in [0.3, 0.4) is 0 Å². The van der Waals surface area contributed by atoms with E-state index in [1.807, 2.05) is 4.90 Å². The lowest BCUT2D eigenvalue weighted by Gasteiger charge is -2.24. The van der Waals surface area contributed by atoms with Crippen molar-refractivity contribution in [1.82, 2.24) is 10.2 Å². The van der Waals surface area contributed by atoms with Crippen molar-refractivity contribution >= 4 is 11.8 Å². The maximum Gasteiger partial charge on any atom is 0.241 e. The summed E-state index contributed by atoms with van der Waals surface area (Å²) < 4.78 is 0. The standard InChI is InChI=1S/C14H27N3O2/c1-14(2,3)8-11(9-15)13(19)16-10-12(18)17-6-4-5-7-17/h11H,4-10,15H2,1-3H3,(H,16,19). The lowest BCUT2D eigenvalue weighted by Crippen LogP contribution is -2.43. The van der Waals surface area contributed by atoms with Crippen LogP contribution < -0.4 is 11.1 Å². The monoisotopic (exact) mass is 269 g/mol. The molecule has 1 aliphatic heterocycles. The molecule has 1 saturated heterocycles. The first-order chi connectivity index (χ1) is 8.83. The van der Waals surface area contributed by atoms with Crippen LogP contribution in [0.15, 0.2) is 0 Å². The summed E-state index contributed by atoms with van der Waals surface area (Å²) in [4.78, 5) is 25.6. The van der Waals surface area contributed by atoms with Gasteiger partial charge in [0.05, 0.1) is 12.5 Å². The predicted molar refractivity (Wildman–Crippen MR) is 75.4 cm³/mol. The zero-order valence-corrected chi connectivity index (χ0v) is 12.4. The fourth-order valence-corrected chi connectivity index (χ4v) is 2.41. The molecule has 0 saturated carbocycles. The van der Waals surface area contributed by atoms with Crippen LogP contribution in [0.2, 0.25) is 0 Å². The van der Waals surface area contributed by atoms with Crippen molar-refractivity contribution in [2.24, 2.45) is 17.1 Å². The summed E-state index contributed by atoms with van der Waals surface area (Å²) in [6.45, 7) is 8.30. The van der Waals surface area contributed by atoms with E-state index >= 15 is 0 Å². The third-order valence-electron chi connectivity index (χ3n) is 3.39. The van der Waals surface area contributed by atoms with Gasteiger partial charge >= 0.3 is 0 Å². The number of amides is 2. The molecule has 1 fully saturated rings. The molecule has 19 heavy (non-hydrogen) atoms. The average molecular weight is 269 g/mol. The van der Waals surface area contributed by atoms with Crippen molar-refractivity contribution in [2.45, 2.75) is 40.0 Å². The van der Waals surface area contributed by atoms with Gasteiger partial charge in [0, 0.05) is 19.6 Å². The highest BCUT2D eigenvalue weighted by molar-refractivity contribution is 5.86. The first-order valence-electron chi connectivity index (χ1n) is 7.09. The maximum absolute atomic E-state index is 12.0. The zero-order valence-electron chi connectivity index (χ0n) is 12.4. The minimum absolute atomic E-state index is 0.0115. The van der Waals surface area contributed by atoms with Crippen LogP contribution in [0.1, 0.15) is 40.0 Å². The summed E-state index contributed by atoms with van der Waals surface area (Å²) in [6.07, 6.45) is 2.86. The number of hydrogen-bond donors (Lipinski definition) is 2. The molecule has 2 amide bonds. The first kappa shape index (κ1) is 16.0. The van der Waals surface area contributed by atoms with Gasteiger partial charge in [0.15, 0.2) is 0 Å². The Kier molecular flexibility index (Phi) is 5.79. The van der Waals surface area contributed by atoms with E-state index in [1.165, 1.54) is 0 Å². The number of nitrogens with zero attached hydrogens (tertiary/aromatic N) is 1. The fourth-order valence-electron chi connectivity index (χ4n) is 2.41. The van der Waals surface area contributed by atoms with Crippen LogP contribution in [0.5, 0.6) is 0 Å². The fraction of sp³-hybridized carbons (Fsp3) is 0.857. The van der Waals surface area contributed by atoms with Crippen molar-refractivity contribution in [1.29, 1.82) is 0 Å². The van der Waals surface area contributed by atoms with Gasteiger partial charge in [0.2, 0.25) is 11.8 Å². The Morgan fingerprint density at radius 2 is 1.84 bits per heavy atom. The quantitative estimate of drug-likeness (QED) is 0.773. The molecule has 0 aromatic rings. The molecule has 5 nitrogen and oxygen atoms in total. The number of hydrogen-bond acceptors (Lipinski definition) is 3. The van der Waals surface area contributed by atoms with Crippen LogP contribution in [0.25, 0.3) is 0 Å². The molecule has 1 rings (SSSR count). The molecule has 0 radical (unpaired) electrons. The topological polar surface area (TPSA) is 75.4 Å². The van der Waals surface area contributed by atoms with Gasteiger partial charge in [0.1, 0.15) is 0 Å². The molecule has 0 bridgehead atoms. The average Bonchev–Trinajstić information content (AvgIpc) is 2.85. The second-order valence-electron chi connectivity index (χ2n) is 6.50. The van der Waals surface area contributed by atoms with Crippen LogP contribution in [0.4, 0.5) is 0 Å². The normalized spacial score (nSPS) is 17.4. The van der Waals surface area contributed by atoms with E-state index in [4.69, 9.17) is 5.73 Å². The summed E-state index contributed by atoms with van der Waals surface area (Å²) in [5.41, 5.74) is 5.71. The Balaban J connectivity index is 2.37. The van der Waals surface area contributed by atoms with Crippen LogP contribution in [-0.4, -0.2) is 42.9 Å². The predicted octanol–water partition coefficient (Wildman–Crippen LogP) is 0.736. The van der Waals surface area contributed by atoms with Crippen molar-refractivity contribution in [3.63, 3.8) is 0 Å². The number of likely N-dealkylation sites (tertiary alicyclic amines) is 1.